The Hall–Kier alpha value is -2.39. The van der Waals surface area contributed by atoms with Crippen molar-refractivity contribution in [3.63, 3.8) is 0 Å². The van der Waals surface area contributed by atoms with Gasteiger partial charge in [0.15, 0.2) is 0 Å². The summed E-state index contributed by atoms with van der Waals surface area (Å²) < 4.78 is 19.0. The van der Waals surface area contributed by atoms with Crippen LogP contribution in [0.5, 0.6) is 5.75 Å². The highest BCUT2D eigenvalue weighted by Gasteiger charge is 2.10. The summed E-state index contributed by atoms with van der Waals surface area (Å²) in [5.74, 6) is 1.02. The fourth-order valence-corrected chi connectivity index (χ4v) is 2.52. The van der Waals surface area contributed by atoms with Crippen LogP contribution >= 0.6 is 11.6 Å². The summed E-state index contributed by atoms with van der Waals surface area (Å²) in [5, 5.41) is 1.60. The molecule has 0 saturated heterocycles. The lowest BCUT2D eigenvalue weighted by atomic mass is 10.1. The molecule has 116 valence electrons. The molecule has 1 aromatic heterocycles. The summed E-state index contributed by atoms with van der Waals surface area (Å²) in [6.07, 6.45) is 4.53. The fraction of sp³-hybridized carbons (Fsp3) is 0.105. The number of ether oxygens (including phenoxy) is 1. The van der Waals surface area contributed by atoms with Crippen molar-refractivity contribution in [2.24, 2.45) is 0 Å². The highest BCUT2D eigenvalue weighted by molar-refractivity contribution is 6.31. The van der Waals surface area contributed by atoms with Crippen LogP contribution in [0.4, 0.5) is 4.39 Å². The van der Waals surface area contributed by atoms with Crippen LogP contribution in [0.25, 0.3) is 16.7 Å². The minimum absolute atomic E-state index is 0.289. The molecule has 0 radical (unpaired) electrons. The van der Waals surface area contributed by atoms with Gasteiger partial charge in [0.2, 0.25) is 0 Å². The quantitative estimate of drug-likeness (QED) is 0.560. The van der Waals surface area contributed by atoms with Gasteiger partial charge in [-0.05, 0) is 55.0 Å². The molecule has 0 aliphatic carbocycles. The summed E-state index contributed by atoms with van der Waals surface area (Å²) in [7, 11) is 0. The van der Waals surface area contributed by atoms with E-state index >= 15 is 0 Å². The van der Waals surface area contributed by atoms with Crippen LogP contribution in [0, 0.1) is 5.82 Å². The summed E-state index contributed by atoms with van der Waals surface area (Å²) >= 11 is 6.03. The van der Waals surface area contributed by atoms with E-state index in [1.807, 2.05) is 37.3 Å². The number of aromatic nitrogens is 1. The van der Waals surface area contributed by atoms with E-state index in [9.17, 15) is 4.39 Å². The Kier molecular flexibility index (Phi) is 4.58. The van der Waals surface area contributed by atoms with Gasteiger partial charge < -0.3 is 4.74 Å². The van der Waals surface area contributed by atoms with Crippen molar-refractivity contribution in [2.75, 3.05) is 0 Å². The molecule has 2 nitrogen and oxygen atoms in total. The van der Waals surface area contributed by atoms with Crippen molar-refractivity contribution in [2.45, 2.75) is 13.3 Å². The molecule has 0 unspecified atom stereocenters. The van der Waals surface area contributed by atoms with Crippen molar-refractivity contribution >= 4 is 28.3 Å². The van der Waals surface area contributed by atoms with E-state index in [0.29, 0.717) is 16.5 Å². The van der Waals surface area contributed by atoms with Gasteiger partial charge in [-0.15, -0.1) is 0 Å². The second-order valence-electron chi connectivity index (χ2n) is 5.05. The summed E-state index contributed by atoms with van der Waals surface area (Å²) in [6.45, 7) is 2.04. The lowest BCUT2D eigenvalue weighted by Crippen LogP contribution is -1.97. The molecule has 23 heavy (non-hydrogen) atoms. The van der Waals surface area contributed by atoms with Gasteiger partial charge >= 0.3 is 0 Å². The van der Waals surface area contributed by atoms with Crippen LogP contribution in [0.2, 0.25) is 5.02 Å². The molecule has 0 saturated carbocycles. The lowest BCUT2D eigenvalue weighted by molar-refractivity contribution is 0.511. The van der Waals surface area contributed by atoms with Gasteiger partial charge in [0.25, 0.3) is 0 Å². The topological polar surface area (TPSA) is 22.1 Å². The molecule has 1 heterocycles. The molecule has 0 aliphatic rings. The number of rotatable bonds is 4. The zero-order valence-electron chi connectivity index (χ0n) is 12.6. The van der Waals surface area contributed by atoms with E-state index < -0.39 is 0 Å². The van der Waals surface area contributed by atoms with E-state index in [0.717, 1.165) is 22.9 Å². The van der Waals surface area contributed by atoms with Crippen LogP contribution in [0.3, 0.4) is 0 Å². The molecule has 4 heteroatoms. The van der Waals surface area contributed by atoms with E-state index in [-0.39, 0.29) is 5.82 Å². The number of hydrogen-bond acceptors (Lipinski definition) is 2. The average molecular weight is 328 g/mol. The zero-order valence-corrected chi connectivity index (χ0v) is 13.3. The van der Waals surface area contributed by atoms with Crippen molar-refractivity contribution in [1.82, 2.24) is 4.98 Å². The molecular weight excluding hydrogens is 313 g/mol. The Bertz CT molecular complexity index is 859. The Morgan fingerprint density at radius 1 is 1.17 bits per heavy atom. The first-order valence-corrected chi connectivity index (χ1v) is 7.73. The van der Waals surface area contributed by atoms with Crippen LogP contribution in [0.1, 0.15) is 18.9 Å². The Morgan fingerprint density at radius 2 is 1.96 bits per heavy atom. The summed E-state index contributed by atoms with van der Waals surface area (Å²) in [5.41, 5.74) is 1.73. The number of benzene rings is 2. The monoisotopic (exact) mass is 327 g/mol. The number of nitrogens with zero attached hydrogens (tertiary/aromatic N) is 1. The number of allylic oxidation sites excluding steroid dienone is 1. The van der Waals surface area contributed by atoms with E-state index in [4.69, 9.17) is 16.3 Å². The molecule has 0 aliphatic heterocycles. The van der Waals surface area contributed by atoms with E-state index in [2.05, 4.69) is 4.98 Å². The van der Waals surface area contributed by atoms with Gasteiger partial charge in [-0.2, -0.15) is 0 Å². The fourth-order valence-electron chi connectivity index (χ4n) is 2.36. The van der Waals surface area contributed by atoms with Crippen LogP contribution in [0.15, 0.2) is 60.8 Å². The molecule has 3 aromatic rings. The normalized spacial score (nSPS) is 11.7. The molecule has 0 amide bonds. The first kappa shape index (κ1) is 15.5. The van der Waals surface area contributed by atoms with Crippen molar-refractivity contribution in [1.29, 1.82) is 0 Å². The molecule has 0 atom stereocenters. The molecule has 3 rings (SSSR count). The van der Waals surface area contributed by atoms with Gasteiger partial charge in [0.1, 0.15) is 17.3 Å². The summed E-state index contributed by atoms with van der Waals surface area (Å²) in [4.78, 5) is 4.35. The average Bonchev–Trinajstić information content (AvgIpc) is 2.55. The number of halogens is 2. The molecule has 0 N–H and O–H groups in total. The summed E-state index contributed by atoms with van der Waals surface area (Å²) in [6, 6.07) is 13.5. The standard InChI is InChI=1S/C19H15ClFNO/c1-2-3-19(23-15-7-5-14(21)6-8-15)17-10-11-22-18-12-13(20)4-9-16(17)18/h3-12H,2H2,1H3. The maximum atomic E-state index is 13.1. The number of fused-ring (bicyclic) bond motifs is 1. The first-order chi connectivity index (χ1) is 11.2. The van der Waals surface area contributed by atoms with Crippen molar-refractivity contribution in [3.05, 3.63) is 77.2 Å². The molecule has 0 fully saturated rings. The maximum Gasteiger partial charge on any atom is 0.131 e. The minimum Gasteiger partial charge on any atom is -0.457 e. The second kappa shape index (κ2) is 6.80. The number of pyridine rings is 1. The lowest BCUT2D eigenvalue weighted by Gasteiger charge is -2.13. The largest absolute Gasteiger partial charge is 0.457 e. The van der Waals surface area contributed by atoms with Gasteiger partial charge in [-0.3, -0.25) is 4.98 Å². The Labute approximate surface area is 139 Å². The van der Waals surface area contributed by atoms with Gasteiger partial charge in [-0.25, -0.2) is 4.39 Å². The van der Waals surface area contributed by atoms with Crippen molar-refractivity contribution < 1.29 is 9.13 Å². The van der Waals surface area contributed by atoms with Crippen molar-refractivity contribution in [3.8, 4) is 5.75 Å². The molecule has 0 spiro atoms. The predicted octanol–water partition coefficient (Wildman–Crippen LogP) is 5.86. The highest BCUT2D eigenvalue weighted by atomic mass is 35.5. The smallest absolute Gasteiger partial charge is 0.131 e. The minimum atomic E-state index is -0.289. The van der Waals surface area contributed by atoms with Gasteiger partial charge in [0.05, 0.1) is 5.52 Å². The van der Waals surface area contributed by atoms with Crippen LogP contribution < -0.4 is 4.74 Å². The third-order valence-electron chi connectivity index (χ3n) is 3.40. The predicted molar refractivity (Wildman–Crippen MR) is 92.0 cm³/mol. The molecule has 0 bridgehead atoms. The third-order valence-corrected chi connectivity index (χ3v) is 3.64. The molecule has 2 aromatic carbocycles. The third kappa shape index (κ3) is 3.51. The van der Waals surface area contributed by atoms with E-state index in [1.54, 1.807) is 18.3 Å². The Morgan fingerprint density at radius 3 is 2.70 bits per heavy atom. The first-order valence-electron chi connectivity index (χ1n) is 7.35. The van der Waals surface area contributed by atoms with Crippen LogP contribution in [-0.2, 0) is 0 Å². The molecular formula is C19H15ClFNO. The van der Waals surface area contributed by atoms with Gasteiger partial charge in [-0.1, -0.05) is 24.6 Å². The Balaban J connectivity index is 2.05. The highest BCUT2D eigenvalue weighted by Crippen LogP contribution is 2.28. The SMILES string of the molecule is CCC=C(Oc1ccc(F)cc1)c1ccnc2cc(Cl)ccc12. The number of hydrogen-bond donors (Lipinski definition) is 0. The van der Waals surface area contributed by atoms with Gasteiger partial charge in [0, 0.05) is 22.2 Å². The second-order valence-corrected chi connectivity index (χ2v) is 5.49. The maximum absolute atomic E-state index is 13.1. The van der Waals surface area contributed by atoms with Crippen LogP contribution in [-0.4, -0.2) is 4.98 Å². The van der Waals surface area contributed by atoms with E-state index in [1.165, 1.54) is 12.1 Å². The zero-order chi connectivity index (χ0) is 16.2.